The van der Waals surface area contributed by atoms with E-state index in [1.807, 2.05) is 26.8 Å². The number of rotatable bonds is 5. The van der Waals surface area contributed by atoms with E-state index in [9.17, 15) is 0 Å². The molecule has 0 saturated carbocycles. The fraction of sp³-hybridized carbons (Fsp3) is 0.200. The zero-order valence-electron chi connectivity index (χ0n) is 19.1. The maximum absolute atomic E-state index is 3.98. The van der Waals surface area contributed by atoms with Crippen LogP contribution < -0.4 is 10.4 Å². The predicted molar refractivity (Wildman–Crippen MR) is 138 cm³/mol. The van der Waals surface area contributed by atoms with Gasteiger partial charge in [-0.1, -0.05) is 100 Å². The summed E-state index contributed by atoms with van der Waals surface area (Å²) < 4.78 is 0. The summed E-state index contributed by atoms with van der Waals surface area (Å²) in [6.45, 7) is 14.3. The summed E-state index contributed by atoms with van der Waals surface area (Å²) in [6, 6.07) is 22.1. The standard InChI is InChI=1S/C28H28.C2H6/c1-5-10-23-14-16-27(18-21(23)7-3)25-12-9-13-26(20-25)28-17-15-24(11-6-2)22(8-4)19-28;1-2/h5,7-20H,3,6H2,1-2,4H3;1-2H3/b10-5-,22-8-,24-11-;. The summed E-state index contributed by atoms with van der Waals surface area (Å²) in [5, 5.41) is 2.59. The molecule has 154 valence electrons. The number of hydrogen-bond acceptors (Lipinski definition) is 0. The fourth-order valence-corrected chi connectivity index (χ4v) is 3.55. The summed E-state index contributed by atoms with van der Waals surface area (Å²) in [5.41, 5.74) is 7.27. The van der Waals surface area contributed by atoms with Crippen LogP contribution in [0.5, 0.6) is 0 Å². The van der Waals surface area contributed by atoms with Gasteiger partial charge in [-0.15, -0.1) is 0 Å². The van der Waals surface area contributed by atoms with Gasteiger partial charge in [0.25, 0.3) is 0 Å². The minimum absolute atomic E-state index is 1.05. The second-order valence-electron chi connectivity index (χ2n) is 6.87. The average molecular weight is 395 g/mol. The molecule has 3 rings (SSSR count). The maximum Gasteiger partial charge on any atom is -0.0177 e. The third-order valence-electron chi connectivity index (χ3n) is 5.00. The first-order valence-corrected chi connectivity index (χ1v) is 11.0. The SMILES string of the molecule is C=Cc1cc(-c2cccc(-c3ccc(=C/CC)/c(=C\C)c3)c2)ccc1/C=C\C.CC. The van der Waals surface area contributed by atoms with Crippen LogP contribution in [0.2, 0.25) is 0 Å². The summed E-state index contributed by atoms with van der Waals surface area (Å²) in [5.74, 6) is 0. The highest BCUT2D eigenvalue weighted by atomic mass is 14.1. The van der Waals surface area contributed by atoms with E-state index in [1.54, 1.807) is 0 Å². The Morgan fingerprint density at radius 1 is 0.733 bits per heavy atom. The first-order chi connectivity index (χ1) is 14.7. The molecule has 0 nitrogen and oxygen atoms in total. The van der Waals surface area contributed by atoms with E-state index in [4.69, 9.17) is 0 Å². The normalized spacial score (nSPS) is 12.0. The van der Waals surface area contributed by atoms with Gasteiger partial charge in [0.2, 0.25) is 0 Å². The molecule has 0 aliphatic heterocycles. The zero-order valence-corrected chi connectivity index (χ0v) is 19.1. The molecule has 0 heteroatoms. The van der Waals surface area contributed by atoms with Gasteiger partial charge in [0, 0.05) is 0 Å². The molecule has 3 aromatic carbocycles. The Morgan fingerprint density at radius 3 is 1.97 bits per heavy atom. The van der Waals surface area contributed by atoms with Crippen molar-refractivity contribution < 1.29 is 0 Å². The zero-order chi connectivity index (χ0) is 21.9. The Labute approximate surface area is 182 Å². The molecule has 0 aromatic heterocycles. The highest BCUT2D eigenvalue weighted by Gasteiger charge is 2.04. The van der Waals surface area contributed by atoms with Crippen LogP contribution in [0.1, 0.15) is 52.2 Å². The van der Waals surface area contributed by atoms with E-state index in [-0.39, 0.29) is 0 Å². The van der Waals surface area contributed by atoms with E-state index in [0.29, 0.717) is 0 Å². The lowest BCUT2D eigenvalue weighted by atomic mass is 9.95. The van der Waals surface area contributed by atoms with Crippen LogP contribution >= 0.6 is 0 Å². The van der Waals surface area contributed by atoms with Gasteiger partial charge in [0.15, 0.2) is 0 Å². The lowest BCUT2D eigenvalue weighted by molar-refractivity contribution is 1.28. The molecule has 0 amide bonds. The number of benzene rings is 3. The quantitative estimate of drug-likeness (QED) is 0.415. The molecule has 30 heavy (non-hydrogen) atoms. The maximum atomic E-state index is 3.98. The lowest BCUT2D eigenvalue weighted by Crippen LogP contribution is -2.23. The van der Waals surface area contributed by atoms with Crippen LogP contribution in [-0.4, -0.2) is 0 Å². The third kappa shape index (κ3) is 5.48. The van der Waals surface area contributed by atoms with Gasteiger partial charge in [0.1, 0.15) is 0 Å². The Morgan fingerprint density at radius 2 is 1.37 bits per heavy atom. The van der Waals surface area contributed by atoms with Crippen LogP contribution in [0.3, 0.4) is 0 Å². The molecule has 0 heterocycles. The van der Waals surface area contributed by atoms with Crippen molar-refractivity contribution in [2.75, 3.05) is 0 Å². The van der Waals surface area contributed by atoms with Crippen LogP contribution in [0.25, 0.3) is 46.6 Å². The van der Waals surface area contributed by atoms with Crippen molar-refractivity contribution in [3.63, 3.8) is 0 Å². The fourth-order valence-electron chi connectivity index (χ4n) is 3.55. The predicted octanol–water partition coefficient (Wildman–Crippen LogP) is 7.71. The lowest BCUT2D eigenvalue weighted by Gasteiger charge is -2.09. The van der Waals surface area contributed by atoms with Gasteiger partial charge in [-0.05, 0) is 82.3 Å². The Bertz CT molecular complexity index is 1130. The molecule has 0 unspecified atom stereocenters. The molecule has 3 aromatic rings. The van der Waals surface area contributed by atoms with E-state index in [2.05, 4.69) is 105 Å². The van der Waals surface area contributed by atoms with Crippen LogP contribution in [0.4, 0.5) is 0 Å². The highest BCUT2D eigenvalue weighted by Crippen LogP contribution is 2.28. The average Bonchev–Trinajstić information content (AvgIpc) is 2.81. The van der Waals surface area contributed by atoms with Crippen molar-refractivity contribution in [1.82, 2.24) is 0 Å². The molecule has 0 saturated heterocycles. The molecule has 0 atom stereocenters. The Kier molecular flexibility index (Phi) is 9.09. The van der Waals surface area contributed by atoms with E-state index in [0.717, 1.165) is 12.0 Å². The van der Waals surface area contributed by atoms with Gasteiger partial charge >= 0.3 is 0 Å². The van der Waals surface area contributed by atoms with Crippen molar-refractivity contribution >= 4 is 24.3 Å². The van der Waals surface area contributed by atoms with Crippen LogP contribution in [0.15, 0.2) is 73.3 Å². The molecular weight excluding hydrogens is 360 g/mol. The van der Waals surface area contributed by atoms with E-state index >= 15 is 0 Å². The van der Waals surface area contributed by atoms with Gasteiger partial charge in [0.05, 0.1) is 0 Å². The summed E-state index contributed by atoms with van der Waals surface area (Å²) >= 11 is 0. The van der Waals surface area contributed by atoms with Crippen molar-refractivity contribution in [1.29, 1.82) is 0 Å². The summed E-state index contributed by atoms with van der Waals surface area (Å²) in [4.78, 5) is 0. The Balaban J connectivity index is 0.00000155. The van der Waals surface area contributed by atoms with Gasteiger partial charge in [-0.2, -0.15) is 0 Å². The van der Waals surface area contributed by atoms with Crippen LogP contribution in [0, 0.1) is 0 Å². The molecule has 0 fully saturated rings. The monoisotopic (exact) mass is 394 g/mol. The smallest absolute Gasteiger partial charge is 0.0177 e. The van der Waals surface area contributed by atoms with Crippen molar-refractivity contribution in [2.24, 2.45) is 0 Å². The molecule has 0 aliphatic rings. The molecule has 0 aliphatic carbocycles. The third-order valence-corrected chi connectivity index (χ3v) is 5.00. The second kappa shape index (κ2) is 11.8. The molecular formula is C30H34. The Hall–Kier alpha value is -3.12. The molecule has 0 spiro atoms. The van der Waals surface area contributed by atoms with Gasteiger partial charge < -0.3 is 0 Å². The number of hydrogen-bond donors (Lipinski definition) is 0. The largest absolute Gasteiger partial charge is 0.0984 e. The summed E-state index contributed by atoms with van der Waals surface area (Å²) in [6.07, 6.45) is 11.6. The summed E-state index contributed by atoms with van der Waals surface area (Å²) in [7, 11) is 0. The molecule has 0 N–H and O–H groups in total. The van der Waals surface area contributed by atoms with E-state index < -0.39 is 0 Å². The second-order valence-corrected chi connectivity index (χ2v) is 6.87. The first-order valence-electron chi connectivity index (χ1n) is 11.0. The minimum atomic E-state index is 1.05. The highest BCUT2D eigenvalue weighted by molar-refractivity contribution is 5.77. The van der Waals surface area contributed by atoms with E-state index in [1.165, 1.54) is 38.3 Å². The topological polar surface area (TPSA) is 0 Å². The number of allylic oxidation sites excluding steroid dienone is 1. The van der Waals surface area contributed by atoms with Crippen LogP contribution in [-0.2, 0) is 0 Å². The molecule has 0 radical (unpaired) electrons. The van der Waals surface area contributed by atoms with Crippen molar-refractivity contribution in [2.45, 2.75) is 41.0 Å². The van der Waals surface area contributed by atoms with Gasteiger partial charge in [-0.3, -0.25) is 0 Å². The molecule has 0 bridgehead atoms. The van der Waals surface area contributed by atoms with Gasteiger partial charge in [-0.25, -0.2) is 0 Å². The van der Waals surface area contributed by atoms with Crippen molar-refractivity contribution in [3.8, 4) is 22.3 Å². The minimum Gasteiger partial charge on any atom is -0.0984 e. The van der Waals surface area contributed by atoms with Crippen molar-refractivity contribution in [3.05, 3.63) is 94.9 Å². The first kappa shape index (κ1) is 23.2.